The monoisotopic (exact) mass is 222 g/mol. The van der Waals surface area contributed by atoms with E-state index in [4.69, 9.17) is 10.8 Å². The maximum Gasteiger partial charge on any atom is 0.336 e. The van der Waals surface area contributed by atoms with Crippen molar-refractivity contribution in [3.63, 3.8) is 0 Å². The van der Waals surface area contributed by atoms with Gasteiger partial charge in [-0.2, -0.15) is 4.98 Å². The van der Waals surface area contributed by atoms with Crippen LogP contribution in [0.4, 0.5) is 5.95 Å². The van der Waals surface area contributed by atoms with Crippen molar-refractivity contribution in [2.45, 2.75) is 0 Å². The maximum absolute atomic E-state index is 11.5. The number of aromatic nitrogens is 3. The number of pyridine rings is 1. The van der Waals surface area contributed by atoms with E-state index < -0.39 is 22.7 Å². The Labute approximate surface area is 86.8 Å². The van der Waals surface area contributed by atoms with Gasteiger partial charge in [-0.25, -0.2) is 4.79 Å². The highest BCUT2D eigenvalue weighted by Gasteiger charge is 2.14. The molecule has 8 heteroatoms. The van der Waals surface area contributed by atoms with Crippen LogP contribution in [0.3, 0.4) is 0 Å². The number of nitrogen functional groups attached to an aromatic ring is 1. The van der Waals surface area contributed by atoms with Crippen molar-refractivity contribution >= 4 is 23.0 Å². The summed E-state index contributed by atoms with van der Waals surface area (Å²) in [5, 5.41) is 8.63. The minimum Gasteiger partial charge on any atom is -0.478 e. The Bertz CT molecular complexity index is 699. The molecule has 8 nitrogen and oxygen atoms in total. The molecule has 0 aliphatic heterocycles. The number of carboxylic acid groups (broad SMARTS) is 1. The number of carbonyl (C=O) groups is 1. The van der Waals surface area contributed by atoms with Crippen molar-refractivity contribution in [1.29, 1.82) is 0 Å². The first-order valence-corrected chi connectivity index (χ1v) is 4.15. The summed E-state index contributed by atoms with van der Waals surface area (Å²) in [4.78, 5) is 41.5. The number of hydrogen-bond acceptors (Lipinski definition) is 5. The number of anilines is 1. The molecule has 0 spiro atoms. The Morgan fingerprint density at radius 1 is 1.38 bits per heavy atom. The molecular formula is C8H6N4O4. The molecule has 82 valence electrons. The summed E-state index contributed by atoms with van der Waals surface area (Å²) >= 11 is 0. The van der Waals surface area contributed by atoms with E-state index in [0.29, 0.717) is 0 Å². The second-order valence-electron chi connectivity index (χ2n) is 3.03. The van der Waals surface area contributed by atoms with E-state index >= 15 is 0 Å². The fraction of sp³-hybridized carbons (Fsp3) is 0. The van der Waals surface area contributed by atoms with Gasteiger partial charge in [-0.1, -0.05) is 0 Å². The molecule has 0 aromatic carbocycles. The predicted octanol–water partition coefficient (Wildman–Crippen LogP) is -1.11. The average molecular weight is 222 g/mol. The molecule has 0 unspecified atom stereocenters. The standard InChI is InChI=1S/C8H6N4O4/c9-8-11-5-4(6(14)12-8)2(7(15)16)1-3(13)10-5/h1H,(H,15,16)(H4,9,10,11,12,13,14). The molecule has 0 radical (unpaired) electrons. The van der Waals surface area contributed by atoms with Gasteiger partial charge in [0.05, 0.1) is 10.9 Å². The highest BCUT2D eigenvalue weighted by Crippen LogP contribution is 2.08. The smallest absolute Gasteiger partial charge is 0.336 e. The van der Waals surface area contributed by atoms with Crippen molar-refractivity contribution in [3.8, 4) is 0 Å². The van der Waals surface area contributed by atoms with Crippen LogP contribution in [0.15, 0.2) is 15.7 Å². The molecule has 0 bridgehead atoms. The fourth-order valence-electron chi connectivity index (χ4n) is 1.36. The minimum absolute atomic E-state index is 0.147. The van der Waals surface area contributed by atoms with Crippen molar-refractivity contribution < 1.29 is 9.90 Å². The van der Waals surface area contributed by atoms with Crippen molar-refractivity contribution in [2.24, 2.45) is 0 Å². The lowest BCUT2D eigenvalue weighted by molar-refractivity contribution is 0.0698. The van der Waals surface area contributed by atoms with Crippen LogP contribution in [0.25, 0.3) is 11.0 Å². The molecule has 5 N–H and O–H groups in total. The third kappa shape index (κ3) is 1.41. The highest BCUT2D eigenvalue weighted by atomic mass is 16.4. The van der Waals surface area contributed by atoms with Crippen LogP contribution < -0.4 is 16.9 Å². The maximum atomic E-state index is 11.5. The SMILES string of the molecule is Nc1nc2[nH]c(=O)cc(C(=O)O)c2c(=O)[nH]1. The first kappa shape index (κ1) is 9.90. The van der Waals surface area contributed by atoms with Crippen LogP contribution in [0.2, 0.25) is 0 Å². The summed E-state index contributed by atoms with van der Waals surface area (Å²) in [6.45, 7) is 0. The lowest BCUT2D eigenvalue weighted by Crippen LogP contribution is -2.19. The molecule has 0 aliphatic rings. The van der Waals surface area contributed by atoms with Crippen LogP contribution in [-0.4, -0.2) is 26.0 Å². The van der Waals surface area contributed by atoms with Gasteiger partial charge in [-0.3, -0.25) is 14.6 Å². The molecule has 2 aromatic rings. The van der Waals surface area contributed by atoms with Crippen LogP contribution in [0.5, 0.6) is 0 Å². The number of aromatic carboxylic acids is 1. The summed E-state index contributed by atoms with van der Waals surface area (Å²) in [5.41, 5.74) is 3.33. The molecule has 0 atom stereocenters. The van der Waals surface area contributed by atoms with Crippen LogP contribution in [0, 0.1) is 0 Å². The van der Waals surface area contributed by atoms with Crippen LogP contribution in [-0.2, 0) is 0 Å². The highest BCUT2D eigenvalue weighted by molar-refractivity contribution is 6.00. The van der Waals surface area contributed by atoms with E-state index in [-0.39, 0.29) is 17.0 Å². The third-order valence-electron chi connectivity index (χ3n) is 1.95. The second kappa shape index (κ2) is 3.19. The summed E-state index contributed by atoms with van der Waals surface area (Å²) in [7, 11) is 0. The molecule has 0 aliphatic carbocycles. The van der Waals surface area contributed by atoms with Gasteiger partial charge in [0, 0.05) is 6.07 Å². The zero-order valence-electron chi connectivity index (χ0n) is 7.77. The van der Waals surface area contributed by atoms with Gasteiger partial charge in [-0.05, 0) is 0 Å². The Balaban J connectivity index is 3.08. The normalized spacial score (nSPS) is 10.5. The quantitative estimate of drug-likeness (QED) is 0.482. The third-order valence-corrected chi connectivity index (χ3v) is 1.95. The molecule has 2 aromatic heterocycles. The first-order chi connectivity index (χ1) is 7.49. The minimum atomic E-state index is -1.38. The van der Waals surface area contributed by atoms with E-state index in [1.54, 1.807) is 0 Å². The lowest BCUT2D eigenvalue weighted by Gasteiger charge is -2.00. The van der Waals surface area contributed by atoms with Gasteiger partial charge in [-0.15, -0.1) is 0 Å². The summed E-state index contributed by atoms with van der Waals surface area (Å²) < 4.78 is 0. The van der Waals surface area contributed by atoms with Crippen LogP contribution >= 0.6 is 0 Å². The lowest BCUT2D eigenvalue weighted by atomic mass is 10.2. The number of nitrogens with zero attached hydrogens (tertiary/aromatic N) is 1. The number of rotatable bonds is 1. The largest absolute Gasteiger partial charge is 0.478 e. The van der Waals surface area contributed by atoms with E-state index in [1.807, 2.05) is 0 Å². The molecule has 0 amide bonds. The van der Waals surface area contributed by atoms with Crippen molar-refractivity contribution in [3.05, 3.63) is 32.3 Å². The van der Waals surface area contributed by atoms with E-state index in [0.717, 1.165) is 6.07 Å². The van der Waals surface area contributed by atoms with E-state index in [2.05, 4.69) is 15.0 Å². The van der Waals surface area contributed by atoms with Gasteiger partial charge < -0.3 is 15.8 Å². The van der Waals surface area contributed by atoms with Gasteiger partial charge >= 0.3 is 5.97 Å². The average Bonchev–Trinajstić information content (AvgIpc) is 2.14. The Kier molecular flexibility index (Phi) is 1.97. The van der Waals surface area contributed by atoms with E-state index in [1.165, 1.54) is 0 Å². The Morgan fingerprint density at radius 3 is 2.69 bits per heavy atom. The zero-order chi connectivity index (χ0) is 11.9. The Hall–Kier alpha value is -2.64. The van der Waals surface area contributed by atoms with Crippen molar-refractivity contribution in [2.75, 3.05) is 5.73 Å². The zero-order valence-corrected chi connectivity index (χ0v) is 7.77. The number of fused-ring (bicyclic) bond motifs is 1. The van der Waals surface area contributed by atoms with Gasteiger partial charge in [0.2, 0.25) is 11.5 Å². The number of hydrogen-bond donors (Lipinski definition) is 4. The second-order valence-corrected chi connectivity index (χ2v) is 3.03. The fourth-order valence-corrected chi connectivity index (χ4v) is 1.36. The molecular weight excluding hydrogens is 216 g/mol. The number of carboxylic acids is 1. The topological polar surface area (TPSA) is 142 Å². The van der Waals surface area contributed by atoms with Gasteiger partial charge in [0.25, 0.3) is 5.56 Å². The van der Waals surface area contributed by atoms with Crippen molar-refractivity contribution in [1.82, 2.24) is 15.0 Å². The van der Waals surface area contributed by atoms with Gasteiger partial charge in [0.1, 0.15) is 0 Å². The molecule has 0 fully saturated rings. The summed E-state index contributed by atoms with van der Waals surface area (Å²) in [5.74, 6) is -1.58. The molecule has 0 saturated heterocycles. The van der Waals surface area contributed by atoms with E-state index in [9.17, 15) is 14.4 Å². The molecule has 2 heterocycles. The summed E-state index contributed by atoms with van der Waals surface area (Å²) in [6.07, 6.45) is 0. The number of H-pyrrole nitrogens is 2. The molecule has 16 heavy (non-hydrogen) atoms. The molecule has 2 rings (SSSR count). The molecule has 0 saturated carbocycles. The van der Waals surface area contributed by atoms with Crippen LogP contribution in [0.1, 0.15) is 10.4 Å². The first-order valence-electron chi connectivity index (χ1n) is 4.15. The number of nitrogens with one attached hydrogen (secondary N) is 2. The van der Waals surface area contributed by atoms with Gasteiger partial charge in [0.15, 0.2) is 5.65 Å². The Morgan fingerprint density at radius 2 is 2.06 bits per heavy atom. The summed E-state index contributed by atoms with van der Waals surface area (Å²) in [6, 6.07) is 0.817. The predicted molar refractivity (Wildman–Crippen MR) is 54.4 cm³/mol. The number of nitrogens with two attached hydrogens (primary N) is 1. The number of aromatic amines is 2.